The molecular weight excluding hydrogens is 320 g/mol. The molecule has 5 heteroatoms. The summed E-state index contributed by atoms with van der Waals surface area (Å²) in [6.07, 6.45) is 4.72. The molecule has 0 unspecified atom stereocenters. The summed E-state index contributed by atoms with van der Waals surface area (Å²) in [5, 5.41) is 2.26. The zero-order chi connectivity index (χ0) is 16.6. The van der Waals surface area contributed by atoms with Crippen molar-refractivity contribution in [1.82, 2.24) is 9.29 Å². The van der Waals surface area contributed by atoms with Crippen molar-refractivity contribution in [2.45, 2.75) is 23.8 Å². The highest BCUT2D eigenvalue weighted by atomic mass is 32.2. The Morgan fingerprint density at radius 3 is 2.67 bits per heavy atom. The fraction of sp³-hybridized carbons (Fsp3) is 0.211. The third kappa shape index (κ3) is 2.50. The zero-order valence-electron chi connectivity index (χ0n) is 13.2. The molecule has 0 N–H and O–H groups in total. The highest BCUT2D eigenvalue weighted by molar-refractivity contribution is 7.89. The average Bonchev–Trinajstić information content (AvgIpc) is 3.12. The molecule has 0 aliphatic carbocycles. The molecule has 1 aliphatic heterocycles. The van der Waals surface area contributed by atoms with Crippen LogP contribution < -0.4 is 0 Å². The molecule has 122 valence electrons. The summed E-state index contributed by atoms with van der Waals surface area (Å²) in [5.74, 6) is 0. The number of hydrogen-bond donors (Lipinski definition) is 0. The summed E-state index contributed by atoms with van der Waals surface area (Å²) in [6.45, 7) is 0.547. The van der Waals surface area contributed by atoms with Crippen LogP contribution in [-0.2, 0) is 10.0 Å². The zero-order valence-corrected chi connectivity index (χ0v) is 14.0. The van der Waals surface area contributed by atoms with Crippen LogP contribution in [0.4, 0.5) is 0 Å². The quantitative estimate of drug-likeness (QED) is 0.730. The molecule has 24 heavy (non-hydrogen) atoms. The Bertz CT molecular complexity index is 966. The highest BCUT2D eigenvalue weighted by Gasteiger charge is 2.36. The third-order valence-electron chi connectivity index (χ3n) is 4.63. The standard InChI is InChI=1S/C19H18N2O2S/c22-24(23,16-8-4-12-20-14-16)21-13-5-11-19(21)18-10-3-7-15-6-1-2-9-17(15)18/h1-4,6-10,12,14,19H,5,11,13H2/t19-/m1/s1. The first-order valence-corrected chi connectivity index (χ1v) is 9.51. The lowest BCUT2D eigenvalue weighted by molar-refractivity contribution is 0.398. The maximum atomic E-state index is 13.0. The molecule has 1 fully saturated rings. The second-order valence-corrected chi connectivity index (χ2v) is 7.92. The van der Waals surface area contributed by atoms with Gasteiger partial charge in [-0.1, -0.05) is 42.5 Å². The van der Waals surface area contributed by atoms with Crippen LogP contribution in [0.5, 0.6) is 0 Å². The molecule has 1 aromatic heterocycles. The van der Waals surface area contributed by atoms with Gasteiger partial charge in [-0.3, -0.25) is 4.98 Å². The summed E-state index contributed by atoms with van der Waals surface area (Å²) in [6, 6.07) is 17.4. The summed E-state index contributed by atoms with van der Waals surface area (Å²) in [5.41, 5.74) is 1.08. The molecule has 2 heterocycles. The van der Waals surface area contributed by atoms with Crippen LogP contribution in [0.25, 0.3) is 10.8 Å². The lowest BCUT2D eigenvalue weighted by Gasteiger charge is -2.25. The van der Waals surface area contributed by atoms with Gasteiger partial charge in [0.2, 0.25) is 10.0 Å². The van der Waals surface area contributed by atoms with E-state index in [0.29, 0.717) is 6.54 Å². The normalized spacial score (nSPS) is 18.9. The fourth-order valence-electron chi connectivity index (χ4n) is 3.51. The molecule has 0 spiro atoms. The SMILES string of the molecule is O=S(=O)(c1cccnc1)N1CCC[C@@H]1c1cccc2ccccc12. The molecule has 3 aromatic rings. The van der Waals surface area contributed by atoms with E-state index in [4.69, 9.17) is 0 Å². The van der Waals surface area contributed by atoms with Crippen LogP contribution >= 0.6 is 0 Å². The van der Waals surface area contributed by atoms with Crippen LogP contribution in [0, 0.1) is 0 Å². The predicted molar refractivity (Wildman–Crippen MR) is 94.1 cm³/mol. The number of hydrogen-bond acceptors (Lipinski definition) is 3. The van der Waals surface area contributed by atoms with Crippen molar-refractivity contribution in [2.75, 3.05) is 6.54 Å². The minimum atomic E-state index is -3.53. The van der Waals surface area contributed by atoms with E-state index in [1.807, 2.05) is 24.3 Å². The number of fused-ring (bicyclic) bond motifs is 1. The Morgan fingerprint density at radius 1 is 1.00 bits per heavy atom. The van der Waals surface area contributed by atoms with E-state index in [9.17, 15) is 8.42 Å². The van der Waals surface area contributed by atoms with Crippen molar-refractivity contribution in [2.24, 2.45) is 0 Å². The van der Waals surface area contributed by atoms with Crippen molar-refractivity contribution in [3.05, 3.63) is 72.6 Å². The topological polar surface area (TPSA) is 50.3 Å². The Morgan fingerprint density at radius 2 is 1.83 bits per heavy atom. The lowest BCUT2D eigenvalue weighted by atomic mass is 9.98. The molecular formula is C19H18N2O2S. The van der Waals surface area contributed by atoms with Gasteiger partial charge < -0.3 is 0 Å². The number of rotatable bonds is 3. The maximum absolute atomic E-state index is 13.0. The summed E-state index contributed by atoms with van der Waals surface area (Å²) in [4.78, 5) is 4.23. The van der Waals surface area contributed by atoms with Crippen molar-refractivity contribution in [1.29, 1.82) is 0 Å². The molecule has 4 nitrogen and oxygen atoms in total. The first-order chi connectivity index (χ1) is 11.7. The van der Waals surface area contributed by atoms with Crippen LogP contribution in [0.2, 0.25) is 0 Å². The van der Waals surface area contributed by atoms with E-state index in [1.165, 1.54) is 6.20 Å². The van der Waals surface area contributed by atoms with Gasteiger partial charge in [-0.15, -0.1) is 0 Å². The van der Waals surface area contributed by atoms with Crippen LogP contribution in [0.15, 0.2) is 71.9 Å². The van der Waals surface area contributed by atoms with Gasteiger partial charge in [0, 0.05) is 18.9 Å². The number of benzene rings is 2. The molecule has 1 saturated heterocycles. The van der Waals surface area contributed by atoms with Gasteiger partial charge in [-0.2, -0.15) is 4.31 Å². The molecule has 2 aromatic carbocycles. The van der Waals surface area contributed by atoms with E-state index in [0.717, 1.165) is 29.2 Å². The van der Waals surface area contributed by atoms with E-state index < -0.39 is 10.0 Å². The Labute approximate surface area is 141 Å². The molecule has 1 atom stereocenters. The van der Waals surface area contributed by atoms with Gasteiger partial charge in [0.15, 0.2) is 0 Å². The summed E-state index contributed by atoms with van der Waals surface area (Å²) < 4.78 is 27.7. The smallest absolute Gasteiger partial charge is 0.245 e. The first kappa shape index (κ1) is 15.3. The van der Waals surface area contributed by atoms with E-state index in [-0.39, 0.29) is 10.9 Å². The van der Waals surface area contributed by atoms with Crippen molar-refractivity contribution in [3.63, 3.8) is 0 Å². The number of aromatic nitrogens is 1. The van der Waals surface area contributed by atoms with Crippen LogP contribution in [-0.4, -0.2) is 24.3 Å². The van der Waals surface area contributed by atoms with Crippen molar-refractivity contribution < 1.29 is 8.42 Å². The first-order valence-electron chi connectivity index (χ1n) is 8.07. The number of nitrogens with zero attached hydrogens (tertiary/aromatic N) is 2. The molecule has 0 bridgehead atoms. The maximum Gasteiger partial charge on any atom is 0.245 e. The van der Waals surface area contributed by atoms with Gasteiger partial charge in [0.05, 0.1) is 6.04 Å². The average molecular weight is 338 g/mol. The van der Waals surface area contributed by atoms with Gasteiger partial charge >= 0.3 is 0 Å². The highest BCUT2D eigenvalue weighted by Crippen LogP contribution is 2.39. The molecule has 1 aliphatic rings. The monoisotopic (exact) mass is 338 g/mol. The summed E-state index contributed by atoms with van der Waals surface area (Å²) >= 11 is 0. The van der Waals surface area contributed by atoms with Crippen LogP contribution in [0.3, 0.4) is 0 Å². The van der Waals surface area contributed by atoms with Gasteiger partial charge in [-0.05, 0) is 41.3 Å². The lowest BCUT2D eigenvalue weighted by Crippen LogP contribution is -2.30. The predicted octanol–water partition coefficient (Wildman–Crippen LogP) is 3.76. The van der Waals surface area contributed by atoms with Gasteiger partial charge in [-0.25, -0.2) is 8.42 Å². The molecule has 4 rings (SSSR count). The fourth-order valence-corrected chi connectivity index (χ4v) is 5.15. The van der Waals surface area contributed by atoms with Crippen LogP contribution in [0.1, 0.15) is 24.4 Å². The Balaban J connectivity index is 1.81. The Kier molecular flexibility index (Phi) is 3.82. The molecule has 0 amide bonds. The number of sulfonamides is 1. The van der Waals surface area contributed by atoms with Crippen molar-refractivity contribution >= 4 is 20.8 Å². The van der Waals surface area contributed by atoms with Crippen molar-refractivity contribution in [3.8, 4) is 0 Å². The minimum absolute atomic E-state index is 0.124. The van der Waals surface area contributed by atoms with Gasteiger partial charge in [0.1, 0.15) is 4.90 Å². The third-order valence-corrected chi connectivity index (χ3v) is 6.52. The summed E-state index contributed by atoms with van der Waals surface area (Å²) in [7, 11) is -3.53. The largest absolute Gasteiger partial charge is 0.263 e. The van der Waals surface area contributed by atoms with E-state index >= 15 is 0 Å². The molecule has 0 radical (unpaired) electrons. The number of pyridine rings is 1. The molecule has 0 saturated carbocycles. The Hall–Kier alpha value is -2.24. The van der Waals surface area contributed by atoms with E-state index in [2.05, 4.69) is 23.2 Å². The van der Waals surface area contributed by atoms with Gasteiger partial charge in [0.25, 0.3) is 0 Å². The minimum Gasteiger partial charge on any atom is -0.263 e. The van der Waals surface area contributed by atoms with E-state index in [1.54, 1.807) is 22.6 Å². The second kappa shape index (κ2) is 6.00. The second-order valence-electron chi connectivity index (χ2n) is 6.03.